The van der Waals surface area contributed by atoms with Crippen molar-refractivity contribution in [3.05, 3.63) is 71.0 Å². The molecule has 0 bridgehead atoms. The first-order chi connectivity index (χ1) is 16.2. The quantitative estimate of drug-likeness (QED) is 0.532. The van der Waals surface area contributed by atoms with Crippen molar-refractivity contribution in [2.24, 2.45) is 5.92 Å². The molecule has 0 unspecified atom stereocenters. The van der Waals surface area contributed by atoms with E-state index in [1.165, 1.54) is 35.6 Å². The number of aromatic nitrogens is 1. The van der Waals surface area contributed by atoms with Crippen LogP contribution >= 0.6 is 11.6 Å². The zero-order valence-corrected chi connectivity index (χ0v) is 19.6. The number of hydrogen-bond acceptors (Lipinski definition) is 4. The molecule has 2 aliphatic heterocycles. The molecule has 1 atom stereocenters. The fourth-order valence-electron chi connectivity index (χ4n) is 5.06. The minimum absolute atomic E-state index is 0.0556. The summed E-state index contributed by atoms with van der Waals surface area (Å²) in [5.41, 5.74) is 2.94. The SMILES string of the molecule is O=C(c1ccc(Cl)c(N2CCCCC2)c1)N1CCOC[C@H](Cc2cccc3ccncc23)C1. The topological polar surface area (TPSA) is 45.7 Å². The summed E-state index contributed by atoms with van der Waals surface area (Å²) in [5, 5.41) is 3.08. The Labute approximate surface area is 200 Å². The second-order valence-corrected chi connectivity index (χ2v) is 9.53. The molecule has 2 aromatic carbocycles. The molecule has 33 heavy (non-hydrogen) atoms. The highest BCUT2D eigenvalue weighted by atomic mass is 35.5. The third kappa shape index (κ3) is 4.99. The molecule has 0 N–H and O–H groups in total. The zero-order valence-electron chi connectivity index (χ0n) is 18.9. The number of rotatable bonds is 4. The van der Waals surface area contributed by atoms with Crippen LogP contribution in [0, 0.1) is 5.92 Å². The summed E-state index contributed by atoms with van der Waals surface area (Å²) in [5.74, 6) is 0.288. The second kappa shape index (κ2) is 10.1. The normalized spacial score (nSPS) is 19.5. The van der Waals surface area contributed by atoms with Gasteiger partial charge in [0.05, 0.1) is 23.9 Å². The Morgan fingerprint density at radius 2 is 1.97 bits per heavy atom. The molecule has 3 heterocycles. The Morgan fingerprint density at radius 1 is 1.09 bits per heavy atom. The number of carbonyl (C=O) groups is 1. The molecular weight excluding hydrogens is 434 g/mol. The van der Waals surface area contributed by atoms with Gasteiger partial charge in [-0.25, -0.2) is 0 Å². The lowest BCUT2D eigenvalue weighted by Crippen LogP contribution is -2.36. The number of pyridine rings is 1. The summed E-state index contributed by atoms with van der Waals surface area (Å²) in [6.45, 7) is 4.49. The number of nitrogens with zero attached hydrogens (tertiary/aromatic N) is 3. The first-order valence-electron chi connectivity index (χ1n) is 11.9. The number of hydrogen-bond donors (Lipinski definition) is 0. The number of fused-ring (bicyclic) bond motifs is 1. The average Bonchev–Trinajstić information content (AvgIpc) is 3.10. The van der Waals surface area contributed by atoms with E-state index in [0.717, 1.165) is 30.2 Å². The summed E-state index contributed by atoms with van der Waals surface area (Å²) >= 11 is 6.52. The summed E-state index contributed by atoms with van der Waals surface area (Å²) in [6, 6.07) is 14.1. The third-order valence-corrected chi connectivity index (χ3v) is 7.12. The Bertz CT molecular complexity index is 1120. The van der Waals surface area contributed by atoms with E-state index >= 15 is 0 Å². The van der Waals surface area contributed by atoms with E-state index in [4.69, 9.17) is 16.3 Å². The summed E-state index contributed by atoms with van der Waals surface area (Å²) < 4.78 is 5.91. The number of piperidine rings is 1. The molecule has 3 aromatic rings. The summed E-state index contributed by atoms with van der Waals surface area (Å²) in [4.78, 5) is 22.1. The maximum absolute atomic E-state index is 13.5. The maximum atomic E-state index is 13.5. The fraction of sp³-hybridized carbons (Fsp3) is 0.407. The van der Waals surface area contributed by atoms with Gasteiger partial charge in [0.15, 0.2) is 0 Å². The van der Waals surface area contributed by atoms with E-state index in [0.29, 0.717) is 31.9 Å². The van der Waals surface area contributed by atoms with Gasteiger partial charge in [-0.1, -0.05) is 29.8 Å². The molecule has 5 rings (SSSR count). The van der Waals surface area contributed by atoms with Crippen LogP contribution < -0.4 is 4.90 Å². The third-order valence-electron chi connectivity index (χ3n) is 6.80. The summed E-state index contributed by atoms with van der Waals surface area (Å²) in [6.07, 6.45) is 8.21. The van der Waals surface area contributed by atoms with Gasteiger partial charge in [0.1, 0.15) is 0 Å². The Morgan fingerprint density at radius 3 is 2.85 bits per heavy atom. The second-order valence-electron chi connectivity index (χ2n) is 9.12. The van der Waals surface area contributed by atoms with Gasteiger partial charge in [0, 0.05) is 55.4 Å². The van der Waals surface area contributed by atoms with Gasteiger partial charge in [-0.2, -0.15) is 0 Å². The van der Waals surface area contributed by atoms with Crippen molar-refractivity contribution < 1.29 is 9.53 Å². The summed E-state index contributed by atoms with van der Waals surface area (Å²) in [7, 11) is 0. The lowest BCUT2D eigenvalue weighted by molar-refractivity contribution is 0.0737. The number of amides is 1. The lowest BCUT2D eigenvalue weighted by Gasteiger charge is -2.30. The van der Waals surface area contributed by atoms with E-state index in [-0.39, 0.29) is 11.8 Å². The van der Waals surface area contributed by atoms with Crippen LogP contribution in [0.1, 0.15) is 35.2 Å². The van der Waals surface area contributed by atoms with Crippen LogP contribution in [0.2, 0.25) is 5.02 Å². The zero-order chi connectivity index (χ0) is 22.6. The van der Waals surface area contributed by atoms with E-state index in [9.17, 15) is 4.79 Å². The molecule has 0 aliphatic carbocycles. The molecule has 2 aliphatic rings. The van der Waals surface area contributed by atoms with Crippen molar-refractivity contribution in [2.75, 3.05) is 44.3 Å². The van der Waals surface area contributed by atoms with Crippen molar-refractivity contribution in [3.8, 4) is 0 Å². The molecule has 1 aromatic heterocycles. The van der Waals surface area contributed by atoms with Crippen molar-refractivity contribution >= 4 is 34.0 Å². The molecule has 0 saturated carbocycles. The van der Waals surface area contributed by atoms with Crippen LogP contribution in [0.15, 0.2) is 54.9 Å². The minimum Gasteiger partial charge on any atom is -0.379 e. The minimum atomic E-state index is 0.0556. The molecule has 5 nitrogen and oxygen atoms in total. The van der Waals surface area contributed by atoms with Gasteiger partial charge >= 0.3 is 0 Å². The standard InChI is InChI=1S/C27H30ClN3O2/c28-25-8-7-23(16-26(25)30-11-2-1-3-12-30)27(32)31-13-14-33-19-20(18-31)15-22-6-4-5-21-9-10-29-17-24(21)22/h4-10,16-17,20H,1-3,11-15,18-19H2/t20-/m1/s1. The molecule has 0 radical (unpaired) electrons. The van der Waals surface area contributed by atoms with Crippen LogP contribution in [0.5, 0.6) is 0 Å². The number of carbonyl (C=O) groups excluding carboxylic acids is 1. The molecule has 2 saturated heterocycles. The van der Waals surface area contributed by atoms with Crippen molar-refractivity contribution in [3.63, 3.8) is 0 Å². The molecule has 172 valence electrons. The molecule has 1 amide bonds. The van der Waals surface area contributed by atoms with E-state index in [2.05, 4.69) is 28.1 Å². The molecule has 6 heteroatoms. The van der Waals surface area contributed by atoms with Gasteiger partial charge in [0.2, 0.25) is 0 Å². The maximum Gasteiger partial charge on any atom is 0.254 e. The van der Waals surface area contributed by atoms with E-state index in [1.54, 1.807) is 0 Å². The Balaban J connectivity index is 1.34. The highest BCUT2D eigenvalue weighted by Crippen LogP contribution is 2.30. The molecular formula is C27H30ClN3O2. The Kier molecular flexibility index (Phi) is 6.79. The van der Waals surface area contributed by atoms with Crippen LogP contribution in [-0.2, 0) is 11.2 Å². The van der Waals surface area contributed by atoms with E-state index in [1.807, 2.05) is 41.6 Å². The Hall–Kier alpha value is -2.63. The largest absolute Gasteiger partial charge is 0.379 e. The average molecular weight is 464 g/mol. The monoisotopic (exact) mass is 463 g/mol. The molecule has 2 fully saturated rings. The fourth-order valence-corrected chi connectivity index (χ4v) is 5.30. The van der Waals surface area contributed by atoms with E-state index < -0.39 is 0 Å². The van der Waals surface area contributed by atoms with Crippen LogP contribution in [0.25, 0.3) is 10.8 Å². The number of halogens is 1. The predicted octanol–water partition coefficient (Wildman–Crippen LogP) is 5.21. The van der Waals surface area contributed by atoms with Gasteiger partial charge in [-0.15, -0.1) is 0 Å². The van der Waals surface area contributed by atoms with Crippen molar-refractivity contribution in [2.45, 2.75) is 25.7 Å². The van der Waals surface area contributed by atoms with Gasteiger partial charge in [0.25, 0.3) is 5.91 Å². The van der Waals surface area contributed by atoms with Crippen LogP contribution in [-0.4, -0.2) is 55.2 Å². The van der Waals surface area contributed by atoms with Crippen LogP contribution in [0.3, 0.4) is 0 Å². The molecule has 0 spiro atoms. The van der Waals surface area contributed by atoms with Crippen molar-refractivity contribution in [1.82, 2.24) is 9.88 Å². The number of ether oxygens (including phenoxy) is 1. The smallest absolute Gasteiger partial charge is 0.254 e. The highest BCUT2D eigenvalue weighted by Gasteiger charge is 2.25. The van der Waals surface area contributed by atoms with Gasteiger partial charge in [-0.3, -0.25) is 9.78 Å². The van der Waals surface area contributed by atoms with Crippen molar-refractivity contribution in [1.29, 1.82) is 0 Å². The van der Waals surface area contributed by atoms with Crippen LogP contribution in [0.4, 0.5) is 5.69 Å². The first-order valence-corrected chi connectivity index (χ1v) is 12.3. The lowest BCUT2D eigenvalue weighted by atomic mass is 9.95. The van der Waals surface area contributed by atoms with Gasteiger partial charge < -0.3 is 14.5 Å². The number of anilines is 1. The number of benzene rings is 2. The first kappa shape index (κ1) is 22.2. The predicted molar refractivity (Wildman–Crippen MR) is 133 cm³/mol. The highest BCUT2D eigenvalue weighted by molar-refractivity contribution is 6.33. The van der Waals surface area contributed by atoms with Gasteiger partial charge in [-0.05, 0) is 60.9 Å².